The summed E-state index contributed by atoms with van der Waals surface area (Å²) >= 11 is 0. The average molecular weight is 331 g/mol. The molecule has 0 aliphatic carbocycles. The van der Waals surface area contributed by atoms with E-state index >= 15 is 0 Å². The van der Waals surface area contributed by atoms with Crippen LogP contribution in [0.25, 0.3) is 0 Å². The van der Waals surface area contributed by atoms with Gasteiger partial charge in [-0.1, -0.05) is 37.3 Å². The van der Waals surface area contributed by atoms with E-state index in [9.17, 15) is 0 Å². The molecule has 128 valence electrons. The van der Waals surface area contributed by atoms with Gasteiger partial charge in [-0.3, -0.25) is 9.88 Å². The Bertz CT molecular complexity index is 805. The average Bonchev–Trinajstić information content (AvgIpc) is 3.04. The maximum atomic E-state index is 4.55. The van der Waals surface area contributed by atoms with E-state index in [4.69, 9.17) is 0 Å². The predicted molar refractivity (Wildman–Crippen MR) is 101 cm³/mol. The quantitative estimate of drug-likeness (QED) is 0.705. The highest BCUT2D eigenvalue weighted by Gasteiger charge is 2.27. The molecule has 0 N–H and O–H groups in total. The molecular formula is C22H25N3. The molecule has 1 aromatic carbocycles. The minimum Gasteiger partial charge on any atom is -0.350 e. The zero-order valence-electron chi connectivity index (χ0n) is 14.8. The van der Waals surface area contributed by atoms with Gasteiger partial charge in [0.15, 0.2) is 0 Å². The van der Waals surface area contributed by atoms with Crippen LogP contribution in [0, 0.1) is 0 Å². The van der Waals surface area contributed by atoms with E-state index in [1.54, 1.807) is 0 Å². The Hall–Kier alpha value is -2.39. The van der Waals surface area contributed by atoms with Crippen molar-refractivity contribution >= 4 is 0 Å². The molecular weight excluding hydrogens is 306 g/mol. The van der Waals surface area contributed by atoms with Gasteiger partial charge in [-0.05, 0) is 48.2 Å². The van der Waals surface area contributed by atoms with Crippen molar-refractivity contribution in [2.45, 2.75) is 38.9 Å². The molecule has 0 fully saturated rings. The summed E-state index contributed by atoms with van der Waals surface area (Å²) in [7, 11) is 0. The summed E-state index contributed by atoms with van der Waals surface area (Å²) in [6.07, 6.45) is 6.35. The lowest BCUT2D eigenvalue weighted by molar-refractivity contribution is 0.218. The molecule has 3 heterocycles. The second-order valence-corrected chi connectivity index (χ2v) is 6.77. The van der Waals surface area contributed by atoms with Crippen LogP contribution in [-0.4, -0.2) is 21.0 Å². The van der Waals surface area contributed by atoms with Crippen molar-refractivity contribution in [3.8, 4) is 0 Å². The van der Waals surface area contributed by atoms with Crippen LogP contribution >= 0.6 is 0 Å². The van der Waals surface area contributed by atoms with Crippen molar-refractivity contribution in [3.63, 3.8) is 0 Å². The fourth-order valence-electron chi connectivity index (χ4n) is 3.83. The van der Waals surface area contributed by atoms with Gasteiger partial charge in [-0.25, -0.2) is 0 Å². The van der Waals surface area contributed by atoms with Crippen molar-refractivity contribution in [2.24, 2.45) is 0 Å². The molecule has 3 aromatic rings. The largest absolute Gasteiger partial charge is 0.350 e. The summed E-state index contributed by atoms with van der Waals surface area (Å²) < 4.78 is 2.41. The number of hydrogen-bond donors (Lipinski definition) is 0. The van der Waals surface area contributed by atoms with E-state index in [-0.39, 0.29) is 6.04 Å². The first-order valence-corrected chi connectivity index (χ1v) is 9.23. The Labute approximate surface area is 149 Å². The number of fused-ring (bicyclic) bond motifs is 1. The van der Waals surface area contributed by atoms with Gasteiger partial charge < -0.3 is 4.57 Å². The highest BCUT2D eigenvalue weighted by Crippen LogP contribution is 2.33. The van der Waals surface area contributed by atoms with Crippen LogP contribution in [0.5, 0.6) is 0 Å². The number of benzene rings is 1. The molecule has 1 aliphatic heterocycles. The van der Waals surface area contributed by atoms with E-state index in [1.807, 2.05) is 12.3 Å². The standard InChI is InChI=1S/C22H25N3/c1-2-18-9-11-19(12-10-18)22-21-8-5-14-24(21)15-6-16-25(22)17-20-7-3-4-13-23-20/h3-5,7-14,22H,2,6,15-17H2,1H3. The number of aryl methyl sites for hydroxylation is 2. The lowest BCUT2D eigenvalue weighted by Crippen LogP contribution is -2.29. The second-order valence-electron chi connectivity index (χ2n) is 6.77. The molecule has 0 spiro atoms. The Morgan fingerprint density at radius 3 is 2.64 bits per heavy atom. The SMILES string of the molecule is CCc1ccc(C2c3cccn3CCCN2Cc2ccccn2)cc1. The molecule has 1 atom stereocenters. The van der Waals surface area contributed by atoms with Crippen molar-refractivity contribution in [1.29, 1.82) is 0 Å². The molecule has 4 rings (SSSR count). The third-order valence-electron chi connectivity index (χ3n) is 5.15. The van der Waals surface area contributed by atoms with Gasteiger partial charge in [0.25, 0.3) is 0 Å². The Kier molecular flexibility index (Phi) is 4.66. The Balaban J connectivity index is 1.72. The summed E-state index contributed by atoms with van der Waals surface area (Å²) in [6, 6.07) is 20.1. The molecule has 3 heteroatoms. The normalized spacial score (nSPS) is 17.9. The van der Waals surface area contributed by atoms with Gasteiger partial charge in [0.2, 0.25) is 0 Å². The molecule has 3 nitrogen and oxygen atoms in total. The maximum Gasteiger partial charge on any atom is 0.0759 e. The highest BCUT2D eigenvalue weighted by molar-refractivity contribution is 5.32. The van der Waals surface area contributed by atoms with Crippen molar-refractivity contribution in [3.05, 3.63) is 89.5 Å². The number of rotatable bonds is 4. The number of aromatic nitrogens is 2. The summed E-state index contributed by atoms with van der Waals surface area (Å²) in [5, 5.41) is 0. The van der Waals surface area contributed by atoms with Gasteiger partial charge in [0.1, 0.15) is 0 Å². The summed E-state index contributed by atoms with van der Waals surface area (Å²) in [5.74, 6) is 0. The third kappa shape index (κ3) is 3.38. The van der Waals surface area contributed by atoms with Crippen LogP contribution in [0.3, 0.4) is 0 Å². The zero-order chi connectivity index (χ0) is 17.1. The maximum absolute atomic E-state index is 4.55. The molecule has 0 radical (unpaired) electrons. The minimum atomic E-state index is 0.283. The van der Waals surface area contributed by atoms with Gasteiger partial charge in [-0.2, -0.15) is 0 Å². The van der Waals surface area contributed by atoms with E-state index in [0.29, 0.717) is 0 Å². The smallest absolute Gasteiger partial charge is 0.0759 e. The fourth-order valence-corrected chi connectivity index (χ4v) is 3.83. The molecule has 1 unspecified atom stereocenters. The first kappa shape index (κ1) is 16.1. The van der Waals surface area contributed by atoms with Gasteiger partial charge in [-0.15, -0.1) is 0 Å². The molecule has 1 aliphatic rings. The first-order valence-electron chi connectivity index (χ1n) is 9.23. The molecule has 0 amide bonds. The lowest BCUT2D eigenvalue weighted by Gasteiger charge is -2.30. The summed E-state index contributed by atoms with van der Waals surface area (Å²) in [4.78, 5) is 7.13. The molecule has 2 aromatic heterocycles. The van der Waals surface area contributed by atoms with Crippen LogP contribution < -0.4 is 0 Å². The first-order chi connectivity index (χ1) is 12.3. The predicted octanol–water partition coefficient (Wildman–Crippen LogP) is 4.44. The van der Waals surface area contributed by atoms with Crippen molar-refractivity contribution in [1.82, 2.24) is 14.5 Å². The molecule has 0 saturated heterocycles. The molecule has 25 heavy (non-hydrogen) atoms. The van der Waals surface area contributed by atoms with Crippen molar-refractivity contribution < 1.29 is 0 Å². The Morgan fingerprint density at radius 1 is 1.00 bits per heavy atom. The van der Waals surface area contributed by atoms with Gasteiger partial charge >= 0.3 is 0 Å². The topological polar surface area (TPSA) is 21.1 Å². The second kappa shape index (κ2) is 7.24. The van der Waals surface area contributed by atoms with Crippen LogP contribution in [0.1, 0.15) is 41.9 Å². The highest BCUT2D eigenvalue weighted by atomic mass is 15.2. The lowest BCUT2D eigenvalue weighted by atomic mass is 9.99. The van der Waals surface area contributed by atoms with Crippen molar-refractivity contribution in [2.75, 3.05) is 6.54 Å². The minimum absolute atomic E-state index is 0.283. The molecule has 0 saturated carbocycles. The van der Waals surface area contributed by atoms with E-state index < -0.39 is 0 Å². The fraction of sp³-hybridized carbons (Fsp3) is 0.318. The van der Waals surface area contributed by atoms with Crippen LogP contribution in [0.15, 0.2) is 67.0 Å². The van der Waals surface area contributed by atoms with E-state index in [0.717, 1.165) is 38.2 Å². The third-order valence-corrected chi connectivity index (χ3v) is 5.15. The van der Waals surface area contributed by atoms with Gasteiger partial charge in [0, 0.05) is 37.7 Å². The Morgan fingerprint density at radius 2 is 1.88 bits per heavy atom. The van der Waals surface area contributed by atoms with E-state index in [2.05, 4.69) is 76.1 Å². The van der Waals surface area contributed by atoms with Gasteiger partial charge in [0.05, 0.1) is 11.7 Å². The molecule has 0 bridgehead atoms. The number of pyridine rings is 1. The van der Waals surface area contributed by atoms with Crippen LogP contribution in [0.4, 0.5) is 0 Å². The van der Waals surface area contributed by atoms with Crippen LogP contribution in [0.2, 0.25) is 0 Å². The van der Waals surface area contributed by atoms with Crippen LogP contribution in [-0.2, 0) is 19.5 Å². The van der Waals surface area contributed by atoms with E-state index in [1.165, 1.54) is 16.8 Å². The summed E-state index contributed by atoms with van der Waals surface area (Å²) in [6.45, 7) is 5.26. The number of nitrogens with zero attached hydrogens (tertiary/aromatic N) is 3. The monoisotopic (exact) mass is 331 g/mol. The summed E-state index contributed by atoms with van der Waals surface area (Å²) in [5.41, 5.74) is 5.29. The number of hydrogen-bond acceptors (Lipinski definition) is 2. The zero-order valence-corrected chi connectivity index (χ0v) is 14.8.